The molecule has 4 aromatic rings. The summed E-state index contributed by atoms with van der Waals surface area (Å²) in [6.07, 6.45) is 9.92. The van der Waals surface area contributed by atoms with Gasteiger partial charge in [0.1, 0.15) is 29.5 Å². The van der Waals surface area contributed by atoms with Gasteiger partial charge < -0.3 is 53.4 Å². The lowest BCUT2D eigenvalue weighted by Crippen LogP contribution is -2.45. The molecule has 95 heavy (non-hydrogen) atoms. The number of hydrogen-bond donors (Lipinski definition) is 4. The number of carbonyl (C=O) groups excluding carboxylic acids is 2. The van der Waals surface area contributed by atoms with E-state index < -0.39 is 50.8 Å². The molecule has 8 rings (SSSR count). The van der Waals surface area contributed by atoms with Crippen LogP contribution in [0.3, 0.4) is 0 Å². The van der Waals surface area contributed by atoms with Crippen LogP contribution >= 0.6 is 0 Å². The zero-order valence-electron chi connectivity index (χ0n) is 55.3. The van der Waals surface area contributed by atoms with Crippen LogP contribution in [-0.4, -0.2) is 246 Å². The summed E-state index contributed by atoms with van der Waals surface area (Å²) in [6.45, 7) is 11.1. The van der Waals surface area contributed by atoms with Crippen molar-refractivity contribution in [2.75, 3.05) is 164 Å². The first-order chi connectivity index (χ1) is 46.0. The first kappa shape index (κ1) is 76.4. The number of sulfonamides is 1. The van der Waals surface area contributed by atoms with Crippen LogP contribution in [0.5, 0.6) is 11.5 Å². The minimum atomic E-state index is -3.76. The number of fused-ring (bicyclic) bond motifs is 2. The maximum absolute atomic E-state index is 13.0. The van der Waals surface area contributed by atoms with Crippen molar-refractivity contribution in [3.8, 4) is 11.5 Å². The van der Waals surface area contributed by atoms with Gasteiger partial charge in [0, 0.05) is 45.8 Å². The number of carboxylic acid groups (broad SMARTS) is 2. The van der Waals surface area contributed by atoms with E-state index in [1.807, 2.05) is 13.0 Å². The second kappa shape index (κ2) is 41.3. The summed E-state index contributed by atoms with van der Waals surface area (Å²) in [4.78, 5) is 56.5. The predicted octanol–water partition coefficient (Wildman–Crippen LogP) is 5.86. The normalized spacial score (nSPS) is 18.2. The van der Waals surface area contributed by atoms with Crippen molar-refractivity contribution in [3.05, 3.63) is 119 Å². The Morgan fingerprint density at radius 3 is 1.41 bits per heavy atom. The Balaban J connectivity index is 0.000000388. The lowest BCUT2D eigenvalue weighted by atomic mass is 10.0. The SMILES string of the molecule is CCOCCOCCOCCCC(=O)CN(CCN(CC(=O)O)CC(=O)NCCOCCOCCOCCNS(=O)(=O)c1ccc(O[C@H]2c3ccccc3C[C@@H]2N2CCCCC2)cc1)CC(=O)O.CCS(=O)(=O)c1ccc(O[C@H]2c3ccccc3C[C@@H]2N2CCCCC2)cc1. The van der Waals surface area contributed by atoms with E-state index in [1.54, 1.807) is 55.5 Å². The number of carboxylic acids is 2. The molecule has 2 saturated heterocycles. The van der Waals surface area contributed by atoms with Crippen molar-refractivity contribution in [3.63, 3.8) is 0 Å². The summed E-state index contributed by atoms with van der Waals surface area (Å²) in [6, 6.07) is 30.9. The Labute approximate surface area is 561 Å². The molecule has 4 aliphatic rings. The number of aliphatic carboxylic acids is 2. The average molecular weight is 1370 g/mol. The first-order valence-electron chi connectivity index (χ1n) is 33.6. The molecule has 4 aromatic carbocycles. The monoisotopic (exact) mass is 1360 g/mol. The maximum Gasteiger partial charge on any atom is 0.317 e. The van der Waals surface area contributed by atoms with Crippen LogP contribution in [0.25, 0.3) is 0 Å². The minimum Gasteiger partial charge on any atom is -0.484 e. The second-order valence-corrected chi connectivity index (χ2v) is 28.0. The number of ether oxygens (including phenoxy) is 8. The molecule has 24 nitrogen and oxygen atoms in total. The van der Waals surface area contributed by atoms with Gasteiger partial charge in [0.05, 0.1) is 120 Å². The van der Waals surface area contributed by atoms with E-state index in [0.717, 1.165) is 44.8 Å². The van der Waals surface area contributed by atoms with Gasteiger partial charge in [0.15, 0.2) is 9.84 Å². The standard InChI is InChI=1S/C47H73N5O15S.C22H27NO3S/c1-2-61-25-26-65-30-27-62-22-8-10-39(53)34-50(36-45(55)56)20-21-51(37-46(57)58)35-44(54)48-16-23-63-28-31-66-32-29-64-24-17-49-68(59,60)41-14-12-40(13-15-41)67-47-42-11-5-4-9-38(42)33-43(47)52-18-6-3-7-19-52;1-2-27(24,25)19-12-10-18(11-13-19)26-22-20-9-5-4-8-17(20)16-21(22)23-14-6-3-7-15-23/h4-5,9,11-15,43,47,49H,2-3,6-8,10,16-37H2,1H3,(H,48,54)(H,55,56)(H,57,58);4-5,8-13,21-22H,2-3,6-7,14-16H2,1H3/t43-,47-;21-,22-/m00/s1. The molecule has 0 radical (unpaired) electrons. The number of benzene rings is 4. The van der Waals surface area contributed by atoms with Crippen LogP contribution in [0.15, 0.2) is 107 Å². The van der Waals surface area contributed by atoms with Crippen LogP contribution in [0, 0.1) is 0 Å². The van der Waals surface area contributed by atoms with E-state index in [0.29, 0.717) is 62.7 Å². The highest BCUT2D eigenvalue weighted by atomic mass is 32.2. The molecular formula is C69H100N6O18S2. The van der Waals surface area contributed by atoms with Crippen LogP contribution < -0.4 is 19.5 Å². The summed E-state index contributed by atoms with van der Waals surface area (Å²) in [7, 11) is -6.94. The highest BCUT2D eigenvalue weighted by Crippen LogP contribution is 2.41. The largest absolute Gasteiger partial charge is 0.484 e. The number of piperidine rings is 2. The molecule has 2 aliphatic carbocycles. The van der Waals surface area contributed by atoms with Gasteiger partial charge in [-0.25, -0.2) is 21.6 Å². The Bertz CT molecular complexity index is 3170. The third-order valence-corrected chi connectivity index (χ3v) is 20.2. The van der Waals surface area contributed by atoms with E-state index in [1.165, 1.54) is 70.6 Å². The average Bonchev–Trinajstić information content (AvgIpc) is 1.66. The Morgan fingerprint density at radius 2 is 0.937 bits per heavy atom. The predicted molar refractivity (Wildman–Crippen MR) is 357 cm³/mol. The van der Waals surface area contributed by atoms with Crippen molar-refractivity contribution < 1.29 is 84.1 Å². The topological polar surface area (TPSA) is 288 Å². The summed E-state index contributed by atoms with van der Waals surface area (Å²) >= 11 is 0. The van der Waals surface area contributed by atoms with Gasteiger partial charge in [0.25, 0.3) is 0 Å². The van der Waals surface area contributed by atoms with Crippen LogP contribution in [0.4, 0.5) is 0 Å². The number of carbonyl (C=O) groups is 4. The zero-order chi connectivity index (χ0) is 67.7. The fourth-order valence-corrected chi connectivity index (χ4v) is 14.1. The summed E-state index contributed by atoms with van der Waals surface area (Å²) < 4.78 is 98.1. The number of Topliss-reactive ketones (excluding diaryl/α,β-unsaturated/α-hetero) is 1. The van der Waals surface area contributed by atoms with Crippen molar-refractivity contribution >= 4 is 43.5 Å². The lowest BCUT2D eigenvalue weighted by Gasteiger charge is -2.35. The smallest absolute Gasteiger partial charge is 0.317 e. The molecule has 0 saturated carbocycles. The molecule has 0 unspecified atom stereocenters. The van der Waals surface area contributed by atoms with Crippen LogP contribution in [0.2, 0.25) is 0 Å². The number of nitrogens with one attached hydrogen (secondary N) is 2. The van der Waals surface area contributed by atoms with Crippen molar-refractivity contribution in [2.24, 2.45) is 0 Å². The van der Waals surface area contributed by atoms with E-state index in [9.17, 15) is 46.2 Å². The number of hydrogen-bond acceptors (Lipinski definition) is 20. The molecule has 2 fully saturated rings. The number of nitrogens with zero attached hydrogens (tertiary/aromatic N) is 4. The highest BCUT2D eigenvalue weighted by molar-refractivity contribution is 7.91. The fourth-order valence-electron chi connectivity index (χ4n) is 12.2. The number of rotatable bonds is 44. The minimum absolute atomic E-state index is 0.00654. The lowest BCUT2D eigenvalue weighted by molar-refractivity contribution is -0.141. The van der Waals surface area contributed by atoms with Crippen LogP contribution in [-0.2, 0) is 80.3 Å². The van der Waals surface area contributed by atoms with E-state index in [2.05, 4.69) is 62.3 Å². The quantitative estimate of drug-likeness (QED) is 0.0377. The first-order valence-corrected chi connectivity index (χ1v) is 36.7. The summed E-state index contributed by atoms with van der Waals surface area (Å²) in [5.41, 5.74) is 5.11. The van der Waals surface area contributed by atoms with Crippen molar-refractivity contribution in [2.45, 2.75) is 112 Å². The summed E-state index contributed by atoms with van der Waals surface area (Å²) in [5.74, 6) is -1.46. The van der Waals surface area contributed by atoms with E-state index >= 15 is 0 Å². The van der Waals surface area contributed by atoms with Gasteiger partial charge in [-0.1, -0.05) is 68.3 Å². The molecule has 2 heterocycles. The summed E-state index contributed by atoms with van der Waals surface area (Å²) in [5, 5.41) is 21.4. The molecular weight excluding hydrogens is 1260 g/mol. The molecule has 26 heteroatoms. The molecule has 0 aromatic heterocycles. The van der Waals surface area contributed by atoms with Crippen LogP contribution in [0.1, 0.15) is 99.7 Å². The number of ketones is 1. The van der Waals surface area contributed by atoms with Crippen molar-refractivity contribution in [1.82, 2.24) is 29.6 Å². The number of sulfone groups is 1. The molecule has 0 spiro atoms. The number of amides is 1. The molecule has 2 aliphatic heterocycles. The maximum atomic E-state index is 13.0. The van der Waals surface area contributed by atoms with Gasteiger partial charge in [0.2, 0.25) is 15.9 Å². The molecule has 0 bridgehead atoms. The Kier molecular flexibility index (Phi) is 33.2. The molecule has 1 amide bonds. The fraction of sp³-hybridized carbons (Fsp3) is 0.594. The van der Waals surface area contributed by atoms with Crippen molar-refractivity contribution in [1.29, 1.82) is 0 Å². The third-order valence-electron chi connectivity index (χ3n) is 17.0. The molecule has 4 atom stereocenters. The van der Waals surface area contributed by atoms with E-state index in [-0.39, 0.29) is 120 Å². The molecule has 4 N–H and O–H groups in total. The highest BCUT2D eigenvalue weighted by Gasteiger charge is 2.40. The number of likely N-dealkylation sites (tertiary alicyclic amines) is 2. The van der Waals surface area contributed by atoms with E-state index in [4.69, 9.17) is 37.9 Å². The van der Waals surface area contributed by atoms with Gasteiger partial charge in [-0.05, 0) is 149 Å². The van der Waals surface area contributed by atoms with Gasteiger partial charge >= 0.3 is 11.9 Å². The molecule has 526 valence electrons. The second-order valence-electron chi connectivity index (χ2n) is 23.9. The van der Waals surface area contributed by atoms with Gasteiger partial charge in [-0.2, -0.15) is 0 Å². The Morgan fingerprint density at radius 1 is 0.505 bits per heavy atom. The van der Waals surface area contributed by atoms with Gasteiger partial charge in [-0.15, -0.1) is 0 Å². The van der Waals surface area contributed by atoms with Gasteiger partial charge in [-0.3, -0.25) is 38.8 Å². The zero-order valence-corrected chi connectivity index (χ0v) is 57.0. The Hall–Kier alpha value is -5.98. The third kappa shape index (κ3) is 26.4.